The lowest BCUT2D eigenvalue weighted by Gasteiger charge is -2.22. The van der Waals surface area contributed by atoms with Gasteiger partial charge in [-0.1, -0.05) is 30.7 Å². The van der Waals surface area contributed by atoms with Gasteiger partial charge in [0.15, 0.2) is 11.5 Å². The Kier molecular flexibility index (Phi) is 5.28. The molecule has 3 rings (SSSR count). The van der Waals surface area contributed by atoms with Crippen LogP contribution in [-0.2, 0) is 6.42 Å². The first-order valence-electron chi connectivity index (χ1n) is 8.73. The van der Waals surface area contributed by atoms with Gasteiger partial charge in [0.25, 0.3) is 0 Å². The minimum Gasteiger partial charge on any atom is -0.391 e. The topological polar surface area (TPSA) is 89.8 Å². The largest absolute Gasteiger partial charge is 0.391 e. The first-order valence-corrected chi connectivity index (χ1v) is 8.73. The van der Waals surface area contributed by atoms with Crippen LogP contribution in [0.2, 0.25) is 0 Å². The highest BCUT2D eigenvalue weighted by Crippen LogP contribution is 2.25. The molecule has 0 radical (unpaired) electrons. The summed E-state index contributed by atoms with van der Waals surface area (Å²) >= 11 is 0. The number of anilines is 1. The maximum Gasteiger partial charge on any atom is 0.165 e. The van der Waals surface area contributed by atoms with Crippen LogP contribution in [0.3, 0.4) is 0 Å². The Morgan fingerprint density at radius 3 is 2.72 bits per heavy atom. The van der Waals surface area contributed by atoms with Gasteiger partial charge in [0.2, 0.25) is 0 Å². The second-order valence-electron chi connectivity index (χ2n) is 6.56. The standard InChI is InChI=1S/C19H25N5O/c1-13-7-3-4-8-15(13)9-5-6-10-16(14(2)25)24-12-23-17-18(20)21-11-22-19(17)24/h3-4,7-8,11-12,14,16,25H,5-6,9-10H2,1-2H3,(H2,20,21,22)/t14-,16+/m0/s1. The first kappa shape index (κ1) is 17.4. The van der Waals surface area contributed by atoms with Gasteiger partial charge in [0, 0.05) is 0 Å². The predicted octanol–water partition coefficient (Wildman–Crippen LogP) is 3.05. The van der Waals surface area contributed by atoms with E-state index in [9.17, 15) is 5.11 Å². The van der Waals surface area contributed by atoms with Crippen molar-refractivity contribution in [3.63, 3.8) is 0 Å². The van der Waals surface area contributed by atoms with Crippen LogP contribution in [0.25, 0.3) is 11.2 Å². The van der Waals surface area contributed by atoms with Gasteiger partial charge in [-0.2, -0.15) is 0 Å². The molecule has 0 unspecified atom stereocenters. The highest BCUT2D eigenvalue weighted by molar-refractivity contribution is 5.81. The normalized spacial score (nSPS) is 13.9. The summed E-state index contributed by atoms with van der Waals surface area (Å²) < 4.78 is 1.92. The van der Waals surface area contributed by atoms with E-state index >= 15 is 0 Å². The summed E-state index contributed by atoms with van der Waals surface area (Å²) in [6.07, 6.45) is 6.66. The van der Waals surface area contributed by atoms with Gasteiger partial charge in [-0.05, 0) is 44.2 Å². The van der Waals surface area contributed by atoms with Gasteiger partial charge < -0.3 is 15.4 Å². The number of nitrogens with zero attached hydrogens (tertiary/aromatic N) is 4. The minimum absolute atomic E-state index is 0.0730. The fourth-order valence-electron chi connectivity index (χ4n) is 3.28. The predicted molar refractivity (Wildman–Crippen MR) is 99.2 cm³/mol. The number of rotatable bonds is 7. The third-order valence-electron chi connectivity index (χ3n) is 4.76. The molecule has 25 heavy (non-hydrogen) atoms. The van der Waals surface area contributed by atoms with E-state index in [1.807, 2.05) is 11.5 Å². The number of nitrogen functional groups attached to an aromatic ring is 1. The number of aromatic nitrogens is 4. The van der Waals surface area contributed by atoms with Crippen molar-refractivity contribution >= 4 is 17.0 Å². The fourth-order valence-corrected chi connectivity index (χ4v) is 3.28. The molecule has 3 N–H and O–H groups in total. The van der Waals surface area contributed by atoms with E-state index in [0.29, 0.717) is 17.0 Å². The summed E-state index contributed by atoms with van der Waals surface area (Å²) in [6.45, 7) is 3.96. The Hall–Kier alpha value is -2.47. The summed E-state index contributed by atoms with van der Waals surface area (Å²) in [5, 5.41) is 10.2. The molecule has 0 amide bonds. The molecule has 0 spiro atoms. The van der Waals surface area contributed by atoms with Crippen molar-refractivity contribution in [2.24, 2.45) is 0 Å². The third kappa shape index (κ3) is 3.79. The van der Waals surface area contributed by atoms with Gasteiger partial charge in [-0.3, -0.25) is 0 Å². The molecule has 6 nitrogen and oxygen atoms in total. The number of aliphatic hydroxyl groups is 1. The van der Waals surface area contributed by atoms with E-state index in [2.05, 4.69) is 46.1 Å². The molecule has 0 fully saturated rings. The molecule has 0 aliphatic heterocycles. The Balaban J connectivity index is 1.67. The lowest BCUT2D eigenvalue weighted by atomic mass is 9.99. The molecule has 0 aliphatic carbocycles. The Labute approximate surface area is 147 Å². The van der Waals surface area contributed by atoms with Crippen LogP contribution in [0.15, 0.2) is 36.9 Å². The molecule has 2 heterocycles. The monoisotopic (exact) mass is 339 g/mol. The van der Waals surface area contributed by atoms with Gasteiger partial charge >= 0.3 is 0 Å². The van der Waals surface area contributed by atoms with Crippen LogP contribution in [-0.4, -0.2) is 30.7 Å². The molecule has 0 saturated heterocycles. The van der Waals surface area contributed by atoms with Crippen molar-refractivity contribution in [2.45, 2.75) is 51.7 Å². The number of unbranched alkanes of at least 4 members (excludes halogenated alkanes) is 1. The average Bonchev–Trinajstić information content (AvgIpc) is 3.01. The maximum absolute atomic E-state index is 10.2. The average molecular weight is 339 g/mol. The van der Waals surface area contributed by atoms with Crippen molar-refractivity contribution in [1.29, 1.82) is 0 Å². The summed E-state index contributed by atoms with van der Waals surface area (Å²) in [5.41, 5.74) is 9.85. The number of aliphatic hydroxyl groups excluding tert-OH is 1. The molecule has 0 aliphatic rings. The van der Waals surface area contributed by atoms with E-state index in [1.165, 1.54) is 17.5 Å². The van der Waals surface area contributed by atoms with E-state index in [-0.39, 0.29) is 6.04 Å². The number of imidazole rings is 1. The second kappa shape index (κ2) is 7.61. The molecule has 1 aromatic carbocycles. The summed E-state index contributed by atoms with van der Waals surface area (Å²) in [5.74, 6) is 0.368. The number of nitrogens with two attached hydrogens (primary N) is 1. The van der Waals surface area contributed by atoms with Gasteiger partial charge in [0.1, 0.15) is 11.8 Å². The highest BCUT2D eigenvalue weighted by atomic mass is 16.3. The molecule has 0 saturated carbocycles. The molecule has 132 valence electrons. The third-order valence-corrected chi connectivity index (χ3v) is 4.76. The number of benzene rings is 1. The van der Waals surface area contributed by atoms with Crippen molar-refractivity contribution in [2.75, 3.05) is 5.73 Å². The van der Waals surface area contributed by atoms with Crippen molar-refractivity contribution < 1.29 is 5.11 Å². The van der Waals surface area contributed by atoms with Crippen molar-refractivity contribution in [3.05, 3.63) is 48.0 Å². The van der Waals surface area contributed by atoms with Crippen molar-refractivity contribution in [3.8, 4) is 0 Å². The summed E-state index contributed by atoms with van der Waals surface area (Å²) in [4.78, 5) is 12.6. The van der Waals surface area contributed by atoms with Gasteiger partial charge in [-0.15, -0.1) is 0 Å². The second-order valence-corrected chi connectivity index (χ2v) is 6.56. The molecule has 2 aromatic heterocycles. The molecule has 2 atom stereocenters. The van der Waals surface area contributed by atoms with E-state index < -0.39 is 6.10 Å². The number of hydrogen-bond acceptors (Lipinski definition) is 5. The van der Waals surface area contributed by atoms with Crippen LogP contribution in [0.5, 0.6) is 0 Å². The molecular weight excluding hydrogens is 314 g/mol. The Bertz CT molecular complexity index is 843. The number of hydrogen-bond donors (Lipinski definition) is 2. The lowest BCUT2D eigenvalue weighted by Crippen LogP contribution is -2.21. The number of aryl methyl sites for hydroxylation is 2. The maximum atomic E-state index is 10.2. The lowest BCUT2D eigenvalue weighted by molar-refractivity contribution is 0.124. The van der Waals surface area contributed by atoms with Crippen LogP contribution in [0.1, 0.15) is 43.4 Å². The van der Waals surface area contributed by atoms with E-state index in [4.69, 9.17) is 5.73 Å². The van der Waals surface area contributed by atoms with Crippen LogP contribution in [0, 0.1) is 6.92 Å². The Morgan fingerprint density at radius 2 is 1.96 bits per heavy atom. The van der Waals surface area contributed by atoms with Crippen LogP contribution < -0.4 is 5.73 Å². The summed E-state index contributed by atoms with van der Waals surface area (Å²) in [7, 11) is 0. The fraction of sp³-hybridized carbons (Fsp3) is 0.421. The van der Waals surface area contributed by atoms with E-state index in [0.717, 1.165) is 25.7 Å². The molecule has 0 bridgehead atoms. The zero-order valence-corrected chi connectivity index (χ0v) is 14.8. The highest BCUT2D eigenvalue weighted by Gasteiger charge is 2.20. The zero-order valence-electron chi connectivity index (χ0n) is 14.8. The van der Waals surface area contributed by atoms with Crippen LogP contribution >= 0.6 is 0 Å². The molecule has 6 heteroatoms. The first-order chi connectivity index (χ1) is 12.1. The van der Waals surface area contributed by atoms with Gasteiger partial charge in [-0.25, -0.2) is 15.0 Å². The summed E-state index contributed by atoms with van der Waals surface area (Å²) in [6, 6.07) is 8.42. The quantitative estimate of drug-likeness (QED) is 0.646. The number of fused-ring (bicyclic) bond motifs is 1. The zero-order chi connectivity index (χ0) is 17.8. The smallest absolute Gasteiger partial charge is 0.165 e. The minimum atomic E-state index is -0.493. The molecular formula is C19H25N5O. The SMILES string of the molecule is Cc1ccccc1CCCC[C@H]([C@H](C)O)n1cnc2c(N)ncnc21. The van der Waals surface area contributed by atoms with Crippen molar-refractivity contribution in [1.82, 2.24) is 19.5 Å². The molecule has 3 aromatic rings. The van der Waals surface area contributed by atoms with E-state index in [1.54, 1.807) is 6.33 Å². The van der Waals surface area contributed by atoms with Gasteiger partial charge in [0.05, 0.1) is 18.5 Å². The van der Waals surface area contributed by atoms with Crippen LogP contribution in [0.4, 0.5) is 5.82 Å². The Morgan fingerprint density at radius 1 is 1.16 bits per heavy atom.